The van der Waals surface area contributed by atoms with Gasteiger partial charge in [-0.05, 0) is 47.5 Å². The smallest absolute Gasteiger partial charge is 0.181 e. The van der Waals surface area contributed by atoms with Gasteiger partial charge in [-0.1, -0.05) is 16.8 Å². The van der Waals surface area contributed by atoms with Gasteiger partial charge >= 0.3 is 0 Å². The molecule has 0 atom stereocenters. The lowest BCUT2D eigenvalue weighted by molar-refractivity contribution is 0.101. The van der Waals surface area contributed by atoms with E-state index in [2.05, 4.69) is 26.2 Å². The Morgan fingerprint density at radius 2 is 2.06 bits per heavy atom. The van der Waals surface area contributed by atoms with Gasteiger partial charge in [-0.25, -0.2) is 4.68 Å². The van der Waals surface area contributed by atoms with Crippen molar-refractivity contribution >= 4 is 33.3 Å². The average molecular weight is 329 g/mol. The second kappa shape index (κ2) is 4.82. The van der Waals surface area contributed by atoms with Crippen LogP contribution in [-0.4, -0.2) is 20.8 Å². The molecule has 0 N–H and O–H groups in total. The van der Waals surface area contributed by atoms with Crippen LogP contribution in [0.25, 0.3) is 5.69 Å². The van der Waals surface area contributed by atoms with Crippen molar-refractivity contribution in [2.45, 2.75) is 20.8 Å². The van der Waals surface area contributed by atoms with E-state index in [0.717, 1.165) is 15.7 Å². The van der Waals surface area contributed by atoms with Crippen LogP contribution in [0.1, 0.15) is 28.7 Å². The van der Waals surface area contributed by atoms with Gasteiger partial charge in [-0.2, -0.15) is 0 Å². The second-order valence-corrected chi connectivity index (χ2v) is 5.31. The van der Waals surface area contributed by atoms with Crippen LogP contribution in [0.5, 0.6) is 0 Å². The van der Waals surface area contributed by atoms with Crippen molar-refractivity contribution in [1.82, 2.24) is 15.0 Å². The summed E-state index contributed by atoms with van der Waals surface area (Å²) >= 11 is 9.57. The first-order chi connectivity index (χ1) is 8.41. The number of aromatic nitrogens is 3. The van der Waals surface area contributed by atoms with Gasteiger partial charge in [0.2, 0.25) is 0 Å². The quantitative estimate of drug-likeness (QED) is 0.793. The van der Waals surface area contributed by atoms with Gasteiger partial charge in [0.05, 0.1) is 11.4 Å². The fourth-order valence-electron chi connectivity index (χ4n) is 1.68. The van der Waals surface area contributed by atoms with Crippen molar-refractivity contribution in [3.63, 3.8) is 0 Å². The number of halogens is 2. The summed E-state index contributed by atoms with van der Waals surface area (Å²) in [4.78, 5) is 11.4. The maximum Gasteiger partial charge on any atom is 0.181 e. The van der Waals surface area contributed by atoms with Gasteiger partial charge in [-0.3, -0.25) is 4.79 Å². The number of nitrogens with zero attached hydrogens (tertiary/aromatic N) is 3. The third-order valence-electron chi connectivity index (χ3n) is 2.68. The highest BCUT2D eigenvalue weighted by atomic mass is 79.9. The highest BCUT2D eigenvalue weighted by Gasteiger charge is 2.16. The predicted molar refractivity (Wildman–Crippen MR) is 73.5 cm³/mol. The first kappa shape index (κ1) is 13.2. The maximum absolute atomic E-state index is 11.4. The van der Waals surface area contributed by atoms with Crippen LogP contribution in [0.3, 0.4) is 0 Å². The van der Waals surface area contributed by atoms with E-state index >= 15 is 0 Å². The number of aryl methyl sites for hydroxylation is 1. The van der Waals surface area contributed by atoms with Crippen LogP contribution >= 0.6 is 27.5 Å². The lowest BCUT2D eigenvalue weighted by Crippen LogP contribution is -2.02. The topological polar surface area (TPSA) is 47.8 Å². The van der Waals surface area contributed by atoms with Crippen molar-refractivity contribution in [2.24, 2.45) is 0 Å². The Balaban J connectivity index is 2.63. The SMILES string of the molecule is CC(=O)c1nnn(-c2cc(Cl)c(C)cc2Br)c1C. The minimum Gasteiger partial charge on any atom is -0.293 e. The molecule has 1 aromatic carbocycles. The molecule has 0 radical (unpaired) electrons. The molecule has 1 aromatic heterocycles. The largest absolute Gasteiger partial charge is 0.293 e. The maximum atomic E-state index is 11.4. The van der Waals surface area contributed by atoms with Crippen molar-refractivity contribution in [3.05, 3.63) is 38.6 Å². The number of hydrogen-bond acceptors (Lipinski definition) is 3. The summed E-state index contributed by atoms with van der Waals surface area (Å²) in [6.45, 7) is 5.20. The van der Waals surface area contributed by atoms with E-state index in [1.54, 1.807) is 17.7 Å². The van der Waals surface area contributed by atoms with Crippen molar-refractivity contribution in [3.8, 4) is 5.69 Å². The van der Waals surface area contributed by atoms with E-state index in [1.807, 2.05) is 13.0 Å². The van der Waals surface area contributed by atoms with E-state index < -0.39 is 0 Å². The molecule has 0 bridgehead atoms. The molecule has 2 rings (SSSR count). The number of ketones is 1. The summed E-state index contributed by atoms with van der Waals surface area (Å²) in [6.07, 6.45) is 0. The fraction of sp³-hybridized carbons (Fsp3) is 0.250. The first-order valence-corrected chi connectivity index (χ1v) is 6.48. The zero-order valence-corrected chi connectivity index (χ0v) is 12.5. The lowest BCUT2D eigenvalue weighted by Gasteiger charge is -2.08. The number of Topliss-reactive ketones (excluding diaryl/α,β-unsaturated/α-hetero) is 1. The zero-order chi connectivity index (χ0) is 13.4. The summed E-state index contributed by atoms with van der Waals surface area (Å²) in [7, 11) is 0. The number of hydrogen-bond donors (Lipinski definition) is 0. The van der Waals surface area contributed by atoms with Crippen LogP contribution < -0.4 is 0 Å². The summed E-state index contributed by atoms with van der Waals surface area (Å²) in [6, 6.07) is 3.71. The first-order valence-electron chi connectivity index (χ1n) is 5.31. The summed E-state index contributed by atoms with van der Waals surface area (Å²) in [5.74, 6) is -0.104. The predicted octanol–water partition coefficient (Wildman–Crippen LogP) is 3.50. The number of benzene rings is 1. The zero-order valence-electron chi connectivity index (χ0n) is 10.2. The monoisotopic (exact) mass is 327 g/mol. The van der Waals surface area contributed by atoms with E-state index in [0.29, 0.717) is 16.4 Å². The Morgan fingerprint density at radius 3 is 2.61 bits per heavy atom. The third-order valence-corrected chi connectivity index (χ3v) is 3.73. The minimum atomic E-state index is -0.104. The second-order valence-electron chi connectivity index (χ2n) is 4.04. The number of rotatable bonds is 2. The van der Waals surface area contributed by atoms with E-state index in [9.17, 15) is 4.79 Å². The molecule has 0 saturated carbocycles. The highest BCUT2D eigenvalue weighted by molar-refractivity contribution is 9.10. The molecule has 0 aliphatic rings. The van der Waals surface area contributed by atoms with Gasteiger partial charge in [0.25, 0.3) is 0 Å². The molecular weight excluding hydrogens is 318 g/mol. The number of carbonyl (C=O) groups excluding carboxylic acids is 1. The van der Waals surface area contributed by atoms with E-state index in [4.69, 9.17) is 11.6 Å². The fourth-order valence-corrected chi connectivity index (χ4v) is 2.47. The number of carbonyl (C=O) groups is 1. The average Bonchev–Trinajstić information content (AvgIpc) is 2.66. The van der Waals surface area contributed by atoms with Gasteiger partial charge in [0.1, 0.15) is 0 Å². The van der Waals surface area contributed by atoms with Gasteiger partial charge in [-0.15, -0.1) is 5.10 Å². The van der Waals surface area contributed by atoms with Crippen LogP contribution in [0, 0.1) is 13.8 Å². The molecule has 0 amide bonds. The van der Waals surface area contributed by atoms with Crippen molar-refractivity contribution < 1.29 is 4.79 Å². The van der Waals surface area contributed by atoms with E-state index in [-0.39, 0.29) is 5.78 Å². The van der Waals surface area contributed by atoms with Crippen molar-refractivity contribution in [1.29, 1.82) is 0 Å². The summed E-state index contributed by atoms with van der Waals surface area (Å²) in [5.41, 5.74) is 2.81. The van der Waals surface area contributed by atoms with Gasteiger partial charge in [0.15, 0.2) is 11.5 Å². The summed E-state index contributed by atoms with van der Waals surface area (Å²) in [5, 5.41) is 8.53. The highest BCUT2D eigenvalue weighted by Crippen LogP contribution is 2.28. The molecule has 18 heavy (non-hydrogen) atoms. The Kier molecular flexibility index (Phi) is 3.54. The van der Waals surface area contributed by atoms with Crippen LogP contribution in [0.2, 0.25) is 5.02 Å². The Labute approximate surface area is 118 Å². The van der Waals surface area contributed by atoms with Gasteiger partial charge < -0.3 is 0 Å². The third kappa shape index (κ3) is 2.20. The molecule has 94 valence electrons. The normalized spacial score (nSPS) is 10.7. The Morgan fingerprint density at radius 1 is 1.39 bits per heavy atom. The van der Waals surface area contributed by atoms with Crippen LogP contribution in [0.15, 0.2) is 16.6 Å². The molecule has 0 aliphatic heterocycles. The van der Waals surface area contributed by atoms with Gasteiger partial charge in [0, 0.05) is 16.4 Å². The Bertz CT molecular complexity index is 636. The van der Waals surface area contributed by atoms with Crippen molar-refractivity contribution in [2.75, 3.05) is 0 Å². The van der Waals surface area contributed by atoms with Crippen LogP contribution in [0.4, 0.5) is 0 Å². The minimum absolute atomic E-state index is 0.104. The lowest BCUT2D eigenvalue weighted by atomic mass is 10.2. The molecule has 2 aromatic rings. The molecule has 0 saturated heterocycles. The molecule has 0 aliphatic carbocycles. The molecular formula is C12H11BrClN3O. The molecule has 4 nitrogen and oxygen atoms in total. The molecule has 0 spiro atoms. The molecule has 1 heterocycles. The molecule has 6 heteroatoms. The Hall–Kier alpha value is -1.20. The molecule has 0 unspecified atom stereocenters. The van der Waals surface area contributed by atoms with E-state index in [1.165, 1.54) is 6.92 Å². The van der Waals surface area contributed by atoms with Crippen LogP contribution in [-0.2, 0) is 0 Å². The standard InChI is InChI=1S/C12H11BrClN3O/c1-6-4-9(13)11(5-10(6)14)17-7(2)12(8(3)18)15-16-17/h4-5H,1-3H3. The summed E-state index contributed by atoms with van der Waals surface area (Å²) < 4.78 is 2.46. The molecule has 0 fully saturated rings.